The number of benzene rings is 1. The molecule has 19 heavy (non-hydrogen) atoms. The van der Waals surface area contributed by atoms with Gasteiger partial charge in [-0.2, -0.15) is 0 Å². The lowest BCUT2D eigenvalue weighted by Crippen LogP contribution is -2.48. The fraction of sp³-hybridized carbons (Fsp3) is 0.600. The highest BCUT2D eigenvalue weighted by Gasteiger charge is 2.34. The Morgan fingerprint density at radius 3 is 2.47 bits per heavy atom. The van der Waals surface area contributed by atoms with Crippen LogP contribution in [0.5, 0.6) is 0 Å². The molecule has 0 amide bonds. The summed E-state index contributed by atoms with van der Waals surface area (Å²) in [7, 11) is 0. The molecule has 2 nitrogen and oxygen atoms in total. The summed E-state index contributed by atoms with van der Waals surface area (Å²) in [5.74, 6) is -0.179. The molecule has 106 valence electrons. The van der Waals surface area contributed by atoms with Gasteiger partial charge in [-0.1, -0.05) is 32.9 Å². The highest BCUT2D eigenvalue weighted by Crippen LogP contribution is 2.41. The molecule has 1 fully saturated rings. The van der Waals surface area contributed by atoms with Gasteiger partial charge in [-0.15, -0.1) is 0 Å². The molecule has 0 bridgehead atoms. The predicted molar refractivity (Wildman–Crippen MR) is 80.7 cm³/mol. The van der Waals surface area contributed by atoms with Crippen LogP contribution in [0.15, 0.2) is 22.7 Å². The fourth-order valence-corrected chi connectivity index (χ4v) is 3.36. The smallest absolute Gasteiger partial charge is 0.137 e. The van der Waals surface area contributed by atoms with E-state index >= 15 is 0 Å². The Morgan fingerprint density at radius 2 is 1.89 bits per heavy atom. The molecule has 1 heterocycles. The number of rotatable bonds is 2. The monoisotopic (exact) mass is 328 g/mol. The number of nitrogens with one attached hydrogen (secondary N) is 1. The van der Waals surface area contributed by atoms with Crippen LogP contribution in [-0.2, 0) is 0 Å². The van der Waals surface area contributed by atoms with E-state index in [9.17, 15) is 4.39 Å². The number of halogens is 2. The van der Waals surface area contributed by atoms with Crippen molar-refractivity contribution in [2.24, 2.45) is 5.41 Å². The Bertz CT molecular complexity index is 436. The van der Waals surface area contributed by atoms with E-state index in [2.05, 4.69) is 46.9 Å². The summed E-state index contributed by atoms with van der Waals surface area (Å²) < 4.78 is 14.4. The van der Waals surface area contributed by atoms with Crippen LogP contribution in [0.2, 0.25) is 0 Å². The van der Waals surface area contributed by atoms with Crippen LogP contribution in [0.25, 0.3) is 0 Å². The molecule has 0 radical (unpaired) electrons. The quantitative estimate of drug-likeness (QED) is 0.892. The third-order valence-corrected chi connectivity index (χ3v) is 4.45. The van der Waals surface area contributed by atoms with Crippen LogP contribution < -0.4 is 5.32 Å². The van der Waals surface area contributed by atoms with Gasteiger partial charge in [0, 0.05) is 32.2 Å². The molecule has 1 aromatic rings. The highest BCUT2D eigenvalue weighted by atomic mass is 79.9. The topological polar surface area (TPSA) is 15.3 Å². The summed E-state index contributed by atoms with van der Waals surface area (Å²) in [5, 5.41) is 3.37. The first kappa shape index (κ1) is 14.9. The normalized spacial score (nSPS) is 19.4. The molecule has 1 aromatic carbocycles. The zero-order chi connectivity index (χ0) is 14.0. The maximum Gasteiger partial charge on any atom is 0.137 e. The van der Waals surface area contributed by atoms with E-state index in [1.165, 1.54) is 6.07 Å². The van der Waals surface area contributed by atoms with Crippen molar-refractivity contribution >= 4 is 15.9 Å². The Labute approximate surface area is 123 Å². The van der Waals surface area contributed by atoms with Crippen molar-refractivity contribution in [3.05, 3.63) is 34.1 Å². The SMILES string of the molecule is CC(C)(C)[C@H](c1cccc(F)c1Br)N1CCNCC1. The second-order valence-electron chi connectivity index (χ2n) is 6.20. The summed E-state index contributed by atoms with van der Waals surface area (Å²) >= 11 is 3.42. The first-order valence-electron chi connectivity index (χ1n) is 6.80. The van der Waals surface area contributed by atoms with Crippen LogP contribution in [0.1, 0.15) is 32.4 Å². The molecule has 0 spiro atoms. The van der Waals surface area contributed by atoms with Crippen molar-refractivity contribution in [1.29, 1.82) is 0 Å². The first-order valence-corrected chi connectivity index (χ1v) is 7.59. The number of hydrogen-bond acceptors (Lipinski definition) is 2. The molecule has 2 rings (SSSR count). The molecule has 1 N–H and O–H groups in total. The lowest BCUT2D eigenvalue weighted by atomic mass is 9.81. The van der Waals surface area contributed by atoms with Crippen LogP contribution in [-0.4, -0.2) is 31.1 Å². The summed E-state index contributed by atoms with van der Waals surface area (Å²) in [4.78, 5) is 2.45. The Morgan fingerprint density at radius 1 is 1.26 bits per heavy atom. The van der Waals surface area contributed by atoms with Gasteiger partial charge in [0.2, 0.25) is 0 Å². The number of hydrogen-bond donors (Lipinski definition) is 1. The second-order valence-corrected chi connectivity index (χ2v) is 6.99. The van der Waals surface area contributed by atoms with Gasteiger partial charge in [-0.05, 0) is 33.0 Å². The maximum atomic E-state index is 13.8. The van der Waals surface area contributed by atoms with Gasteiger partial charge < -0.3 is 5.32 Å². The molecular weight excluding hydrogens is 307 g/mol. The third kappa shape index (κ3) is 3.36. The average Bonchev–Trinajstić information content (AvgIpc) is 2.35. The van der Waals surface area contributed by atoms with Crippen molar-refractivity contribution in [2.45, 2.75) is 26.8 Å². The van der Waals surface area contributed by atoms with Crippen molar-refractivity contribution < 1.29 is 4.39 Å². The first-order chi connectivity index (χ1) is 8.91. The minimum atomic E-state index is -0.179. The van der Waals surface area contributed by atoms with Crippen LogP contribution >= 0.6 is 15.9 Å². The van der Waals surface area contributed by atoms with Gasteiger partial charge in [0.15, 0.2) is 0 Å². The van der Waals surface area contributed by atoms with Crippen molar-refractivity contribution in [2.75, 3.05) is 26.2 Å². The molecule has 1 atom stereocenters. The minimum Gasteiger partial charge on any atom is -0.314 e. The number of piperazine rings is 1. The van der Waals surface area contributed by atoms with Gasteiger partial charge in [0.1, 0.15) is 5.82 Å². The minimum absolute atomic E-state index is 0.0631. The molecule has 4 heteroatoms. The van der Waals surface area contributed by atoms with Crippen LogP contribution in [0, 0.1) is 11.2 Å². The molecule has 1 aliphatic rings. The maximum absolute atomic E-state index is 13.8. The Balaban J connectivity index is 2.40. The van der Waals surface area contributed by atoms with Gasteiger partial charge in [-0.3, -0.25) is 4.90 Å². The van der Waals surface area contributed by atoms with Crippen LogP contribution in [0.3, 0.4) is 0 Å². The summed E-state index contributed by atoms with van der Waals surface area (Å²) in [6.45, 7) is 10.7. The molecule has 0 aliphatic carbocycles. The van der Waals surface area contributed by atoms with Crippen LogP contribution in [0.4, 0.5) is 4.39 Å². The third-order valence-electron chi connectivity index (χ3n) is 3.61. The Kier molecular flexibility index (Phi) is 4.64. The van der Waals surface area contributed by atoms with Crippen molar-refractivity contribution in [3.63, 3.8) is 0 Å². The summed E-state index contributed by atoms with van der Waals surface area (Å²) in [6, 6.07) is 5.56. The molecule has 1 aliphatic heterocycles. The molecule has 0 saturated carbocycles. The summed E-state index contributed by atoms with van der Waals surface area (Å²) in [5.41, 5.74) is 1.11. The van der Waals surface area contributed by atoms with Gasteiger partial charge in [0.25, 0.3) is 0 Å². The van der Waals surface area contributed by atoms with E-state index in [4.69, 9.17) is 0 Å². The molecule has 1 saturated heterocycles. The van der Waals surface area contributed by atoms with Gasteiger partial charge >= 0.3 is 0 Å². The lowest BCUT2D eigenvalue weighted by Gasteiger charge is -2.43. The van der Waals surface area contributed by atoms with Gasteiger partial charge in [-0.25, -0.2) is 4.39 Å². The standard InChI is InChI=1S/C15H22BrFN2/c1-15(2,3)14(19-9-7-18-8-10-19)11-5-4-6-12(17)13(11)16/h4-6,14,18H,7-10H2,1-3H3/t14-/m0/s1. The average molecular weight is 329 g/mol. The second kappa shape index (κ2) is 5.90. The van der Waals surface area contributed by atoms with E-state index in [1.54, 1.807) is 6.07 Å². The molecule has 0 unspecified atom stereocenters. The molecular formula is C15H22BrFN2. The highest BCUT2D eigenvalue weighted by molar-refractivity contribution is 9.10. The zero-order valence-electron chi connectivity index (χ0n) is 11.8. The van der Waals surface area contributed by atoms with E-state index in [1.807, 2.05) is 6.07 Å². The van der Waals surface area contributed by atoms with E-state index in [0.29, 0.717) is 4.47 Å². The van der Waals surface area contributed by atoms with Crippen molar-refractivity contribution in [3.8, 4) is 0 Å². The van der Waals surface area contributed by atoms with Crippen molar-refractivity contribution in [1.82, 2.24) is 10.2 Å². The van der Waals surface area contributed by atoms with E-state index in [-0.39, 0.29) is 17.3 Å². The van der Waals surface area contributed by atoms with Gasteiger partial charge in [0.05, 0.1) is 4.47 Å². The number of nitrogens with zero attached hydrogens (tertiary/aromatic N) is 1. The Hall–Kier alpha value is -0.450. The van der Waals surface area contributed by atoms with E-state index < -0.39 is 0 Å². The zero-order valence-corrected chi connectivity index (χ0v) is 13.4. The molecule has 0 aromatic heterocycles. The predicted octanol–water partition coefficient (Wildman–Crippen LogP) is 3.58. The summed E-state index contributed by atoms with van der Waals surface area (Å²) in [6.07, 6.45) is 0. The van der Waals surface area contributed by atoms with E-state index in [0.717, 1.165) is 31.7 Å². The fourth-order valence-electron chi connectivity index (χ4n) is 2.88. The largest absolute Gasteiger partial charge is 0.314 e. The lowest BCUT2D eigenvalue weighted by molar-refractivity contribution is 0.0854.